The number of nitrogens with one attached hydrogen (secondary N) is 1. The van der Waals surface area contributed by atoms with Crippen LogP contribution >= 0.6 is 0 Å². The van der Waals surface area contributed by atoms with Crippen LogP contribution in [0.4, 0.5) is 0 Å². The van der Waals surface area contributed by atoms with Crippen LogP contribution in [0.1, 0.15) is 85.5 Å². The molecule has 0 spiro atoms. The van der Waals surface area contributed by atoms with Crippen molar-refractivity contribution >= 4 is 0 Å². The molecule has 3 N–H and O–H groups in total. The Morgan fingerprint density at radius 2 is 1.81 bits per heavy atom. The minimum atomic E-state index is -0.515. The van der Waals surface area contributed by atoms with Crippen molar-refractivity contribution in [2.45, 2.75) is 103 Å². The van der Waals surface area contributed by atoms with E-state index in [-0.39, 0.29) is 6.10 Å². The summed E-state index contributed by atoms with van der Waals surface area (Å²) in [6, 6.07) is 0.435. The Morgan fingerprint density at radius 3 is 2.54 bits per heavy atom. The highest BCUT2D eigenvalue weighted by atomic mass is 16.3. The number of aliphatic hydroxyl groups excluding tert-OH is 1. The molecule has 4 fully saturated rings. The lowest BCUT2D eigenvalue weighted by Crippen LogP contribution is -2.53. The van der Waals surface area contributed by atoms with Gasteiger partial charge in [-0.2, -0.15) is 0 Å². The minimum absolute atomic E-state index is 0.0582. The van der Waals surface area contributed by atoms with Gasteiger partial charge >= 0.3 is 0 Å². The maximum absolute atomic E-state index is 11.4. The Labute approximate surface area is 160 Å². The molecule has 3 nitrogen and oxygen atoms in total. The number of aliphatic hydroxyl groups is 2. The lowest BCUT2D eigenvalue weighted by atomic mass is 9.45. The van der Waals surface area contributed by atoms with Crippen LogP contribution < -0.4 is 5.32 Å². The van der Waals surface area contributed by atoms with Gasteiger partial charge in [0, 0.05) is 12.6 Å². The van der Waals surface area contributed by atoms with Gasteiger partial charge in [-0.3, -0.25) is 0 Å². The Kier molecular flexibility index (Phi) is 4.77. The molecule has 0 aromatic rings. The van der Waals surface area contributed by atoms with Crippen LogP contribution in [0.15, 0.2) is 0 Å². The van der Waals surface area contributed by atoms with Gasteiger partial charge in [0.15, 0.2) is 0 Å². The molecular weight excluding hydrogens is 322 g/mol. The lowest BCUT2D eigenvalue weighted by molar-refractivity contribution is -0.120. The molecule has 0 aromatic carbocycles. The summed E-state index contributed by atoms with van der Waals surface area (Å²) in [5, 5.41) is 25.1. The van der Waals surface area contributed by atoms with E-state index in [2.05, 4.69) is 33.0 Å². The first kappa shape index (κ1) is 19.2. The summed E-state index contributed by atoms with van der Waals surface area (Å²) >= 11 is 0. The van der Waals surface area contributed by atoms with E-state index in [1.807, 2.05) is 0 Å². The van der Waals surface area contributed by atoms with Crippen molar-refractivity contribution in [3.8, 4) is 0 Å². The van der Waals surface area contributed by atoms with Crippen molar-refractivity contribution in [1.29, 1.82) is 0 Å². The highest BCUT2D eigenvalue weighted by molar-refractivity contribution is 5.12. The van der Waals surface area contributed by atoms with Gasteiger partial charge in [0.05, 0.1) is 11.7 Å². The van der Waals surface area contributed by atoms with Crippen LogP contribution in [-0.2, 0) is 0 Å². The molecule has 0 aliphatic heterocycles. The Balaban J connectivity index is 1.54. The van der Waals surface area contributed by atoms with E-state index < -0.39 is 5.60 Å². The molecular formula is C23H41NO2. The molecule has 150 valence electrons. The van der Waals surface area contributed by atoms with E-state index in [4.69, 9.17) is 0 Å². The molecule has 4 aliphatic rings. The fourth-order valence-electron chi connectivity index (χ4n) is 8.01. The largest absolute Gasteiger partial charge is 0.393 e. The van der Waals surface area contributed by atoms with Gasteiger partial charge in [0.2, 0.25) is 0 Å². The fraction of sp³-hybridized carbons (Fsp3) is 1.00. The second-order valence-corrected chi connectivity index (χ2v) is 11.4. The normalized spacial score (nSPS) is 53.9. The standard InChI is InChI=1S/C23H41NO2/c1-15(2)24-14-23(26)12-20-18-6-5-16-11-17(25)7-10-22(16,4)19(18)8-9-21(20,3)13-23/h15-20,24-26H,5-14H2,1-4H3. The van der Waals surface area contributed by atoms with Crippen molar-refractivity contribution in [1.82, 2.24) is 5.32 Å². The summed E-state index contributed by atoms with van der Waals surface area (Å²) in [6.07, 6.45) is 10.4. The van der Waals surface area contributed by atoms with Gasteiger partial charge in [-0.15, -0.1) is 0 Å². The topological polar surface area (TPSA) is 52.5 Å². The smallest absolute Gasteiger partial charge is 0.0779 e. The average molecular weight is 364 g/mol. The van der Waals surface area contributed by atoms with Gasteiger partial charge in [0.25, 0.3) is 0 Å². The summed E-state index contributed by atoms with van der Waals surface area (Å²) in [5.41, 5.74) is 0.241. The van der Waals surface area contributed by atoms with Gasteiger partial charge in [-0.1, -0.05) is 27.7 Å². The van der Waals surface area contributed by atoms with Crippen molar-refractivity contribution in [2.24, 2.45) is 34.5 Å². The number of rotatable bonds is 3. The van der Waals surface area contributed by atoms with Gasteiger partial charge in [-0.25, -0.2) is 0 Å². The molecule has 0 saturated heterocycles. The summed E-state index contributed by atoms with van der Waals surface area (Å²) in [6.45, 7) is 10.1. The van der Waals surface area contributed by atoms with Gasteiger partial charge in [0.1, 0.15) is 0 Å². The Hall–Kier alpha value is -0.120. The van der Waals surface area contributed by atoms with E-state index >= 15 is 0 Å². The lowest BCUT2D eigenvalue weighted by Gasteiger charge is -2.60. The predicted molar refractivity (Wildman–Crippen MR) is 106 cm³/mol. The highest BCUT2D eigenvalue weighted by Crippen LogP contribution is 2.67. The molecule has 0 amide bonds. The van der Waals surface area contributed by atoms with Crippen LogP contribution in [0.3, 0.4) is 0 Å². The van der Waals surface area contributed by atoms with Crippen molar-refractivity contribution in [3.63, 3.8) is 0 Å². The number of hydrogen-bond donors (Lipinski definition) is 3. The highest BCUT2D eigenvalue weighted by Gasteiger charge is 2.61. The van der Waals surface area contributed by atoms with Crippen LogP contribution in [0.25, 0.3) is 0 Å². The summed E-state index contributed by atoms with van der Waals surface area (Å²) < 4.78 is 0. The average Bonchev–Trinajstić information content (AvgIpc) is 2.85. The molecule has 8 atom stereocenters. The van der Waals surface area contributed by atoms with Gasteiger partial charge < -0.3 is 15.5 Å². The van der Waals surface area contributed by atoms with E-state index in [1.165, 1.54) is 32.1 Å². The van der Waals surface area contributed by atoms with E-state index in [1.54, 1.807) is 0 Å². The number of fused-ring (bicyclic) bond motifs is 5. The molecule has 0 heterocycles. The number of hydrogen-bond acceptors (Lipinski definition) is 3. The third kappa shape index (κ3) is 3.06. The second-order valence-electron chi connectivity index (χ2n) is 11.4. The summed E-state index contributed by atoms with van der Waals surface area (Å²) in [5.74, 6) is 3.01. The van der Waals surface area contributed by atoms with E-state index in [0.29, 0.717) is 22.8 Å². The minimum Gasteiger partial charge on any atom is -0.393 e. The van der Waals surface area contributed by atoms with Crippen LogP contribution in [0, 0.1) is 34.5 Å². The molecule has 0 radical (unpaired) electrons. The third-order valence-corrected chi connectivity index (χ3v) is 9.33. The Bertz CT molecular complexity index is 536. The first-order valence-electron chi connectivity index (χ1n) is 11.3. The Morgan fingerprint density at radius 1 is 1.04 bits per heavy atom. The summed E-state index contributed by atoms with van der Waals surface area (Å²) in [4.78, 5) is 0. The molecule has 4 saturated carbocycles. The van der Waals surface area contributed by atoms with Crippen LogP contribution in [0.2, 0.25) is 0 Å². The van der Waals surface area contributed by atoms with E-state index in [9.17, 15) is 10.2 Å². The fourth-order valence-corrected chi connectivity index (χ4v) is 8.01. The third-order valence-electron chi connectivity index (χ3n) is 9.33. The van der Waals surface area contributed by atoms with Crippen LogP contribution in [-0.4, -0.2) is 34.5 Å². The monoisotopic (exact) mass is 363 g/mol. The molecule has 26 heavy (non-hydrogen) atoms. The second kappa shape index (κ2) is 6.46. The maximum Gasteiger partial charge on any atom is 0.0779 e. The molecule has 0 bridgehead atoms. The van der Waals surface area contributed by atoms with Crippen LogP contribution in [0.5, 0.6) is 0 Å². The molecule has 3 heteroatoms. The maximum atomic E-state index is 11.4. The van der Waals surface area contributed by atoms with E-state index in [0.717, 1.165) is 50.0 Å². The zero-order chi connectivity index (χ0) is 18.7. The first-order valence-corrected chi connectivity index (χ1v) is 11.3. The SMILES string of the molecule is CC(C)NCC1(O)CC2C3CCC4CC(O)CCC4(C)C3CCC2(C)C1. The van der Waals surface area contributed by atoms with Crippen molar-refractivity contribution in [3.05, 3.63) is 0 Å². The molecule has 4 aliphatic carbocycles. The molecule has 8 unspecified atom stereocenters. The molecule has 0 aromatic heterocycles. The zero-order valence-electron chi connectivity index (χ0n) is 17.4. The zero-order valence-corrected chi connectivity index (χ0v) is 17.4. The first-order chi connectivity index (χ1) is 12.2. The predicted octanol–water partition coefficient (Wildman–Crippen LogP) is 4.12. The van der Waals surface area contributed by atoms with Gasteiger partial charge in [-0.05, 0) is 92.3 Å². The van der Waals surface area contributed by atoms with Crippen molar-refractivity contribution < 1.29 is 10.2 Å². The summed E-state index contributed by atoms with van der Waals surface area (Å²) in [7, 11) is 0. The van der Waals surface area contributed by atoms with Crippen molar-refractivity contribution in [2.75, 3.05) is 6.54 Å². The quantitative estimate of drug-likeness (QED) is 0.707. The molecule has 4 rings (SSSR count).